The maximum Gasteiger partial charge on any atom is 0.356 e. The van der Waals surface area contributed by atoms with Gasteiger partial charge in [-0.3, -0.25) is 13.9 Å². The van der Waals surface area contributed by atoms with Crippen molar-refractivity contribution in [1.29, 1.82) is 0 Å². The van der Waals surface area contributed by atoms with Crippen LogP contribution in [0.4, 0.5) is 0 Å². The Hall–Kier alpha value is -1.89. The molecule has 33 heavy (non-hydrogen) atoms. The number of aliphatic hydroxyl groups excluding tert-OH is 2. The predicted octanol–water partition coefficient (Wildman–Crippen LogP) is 3.79. The van der Waals surface area contributed by atoms with Gasteiger partial charge in [-0.2, -0.15) is 0 Å². The van der Waals surface area contributed by atoms with Crippen LogP contribution in [0, 0.1) is 0 Å². The SMILES string of the molecule is CCOP(=O)(CO[C@H]1O[C@@H](n2cnc(C(N)=O)c2O[Si](C)(C)C(C)(C)C)C(O)=C1O)OCC. The van der Waals surface area contributed by atoms with Gasteiger partial charge < -0.3 is 38.9 Å². The molecule has 1 aromatic rings. The third-order valence-electron chi connectivity index (χ3n) is 5.40. The highest BCUT2D eigenvalue weighted by Crippen LogP contribution is 2.49. The fourth-order valence-corrected chi connectivity index (χ4v) is 4.97. The molecule has 0 aromatic carbocycles. The molecule has 4 N–H and O–H groups in total. The highest BCUT2D eigenvalue weighted by molar-refractivity contribution is 7.53. The van der Waals surface area contributed by atoms with E-state index >= 15 is 0 Å². The maximum atomic E-state index is 12.6. The third kappa shape index (κ3) is 5.97. The Bertz CT molecular complexity index is 931. The topological polar surface area (TPSA) is 165 Å². The summed E-state index contributed by atoms with van der Waals surface area (Å²) >= 11 is 0. The van der Waals surface area contributed by atoms with E-state index in [4.69, 9.17) is 28.7 Å². The maximum absolute atomic E-state index is 12.6. The molecule has 12 nitrogen and oxygen atoms in total. The van der Waals surface area contributed by atoms with E-state index in [1.807, 2.05) is 33.9 Å². The van der Waals surface area contributed by atoms with E-state index in [9.17, 15) is 19.6 Å². The molecule has 1 aromatic heterocycles. The van der Waals surface area contributed by atoms with Crippen LogP contribution in [-0.2, 0) is 23.1 Å². The van der Waals surface area contributed by atoms with Crippen molar-refractivity contribution in [1.82, 2.24) is 9.55 Å². The lowest BCUT2D eigenvalue weighted by Gasteiger charge is -2.36. The smallest absolute Gasteiger partial charge is 0.356 e. The minimum atomic E-state index is -3.59. The number of nitrogens with zero attached hydrogens (tertiary/aromatic N) is 2. The fourth-order valence-electron chi connectivity index (χ4n) is 2.65. The Balaban J connectivity index is 2.33. The van der Waals surface area contributed by atoms with Gasteiger partial charge in [-0.05, 0) is 32.0 Å². The van der Waals surface area contributed by atoms with Gasteiger partial charge in [0, 0.05) is 0 Å². The van der Waals surface area contributed by atoms with E-state index in [0.717, 1.165) is 0 Å². The Morgan fingerprint density at radius 3 is 2.30 bits per heavy atom. The van der Waals surface area contributed by atoms with Crippen LogP contribution in [-0.4, -0.2) is 59.8 Å². The molecule has 0 saturated carbocycles. The van der Waals surface area contributed by atoms with Crippen molar-refractivity contribution >= 4 is 21.8 Å². The van der Waals surface area contributed by atoms with Crippen molar-refractivity contribution in [3.8, 4) is 5.88 Å². The summed E-state index contributed by atoms with van der Waals surface area (Å²) in [7, 11) is -6.06. The second kappa shape index (κ2) is 10.2. The number of carbonyl (C=O) groups excluding carboxylic acids is 1. The number of nitrogens with two attached hydrogens (primary N) is 1. The number of imidazole rings is 1. The molecular weight excluding hydrogens is 473 g/mol. The highest BCUT2D eigenvalue weighted by atomic mass is 31.2. The number of carbonyl (C=O) groups is 1. The first-order valence-electron chi connectivity index (χ1n) is 10.5. The van der Waals surface area contributed by atoms with Gasteiger partial charge in [0.1, 0.15) is 6.33 Å². The summed E-state index contributed by atoms with van der Waals surface area (Å²) in [5, 5.41) is 20.7. The van der Waals surface area contributed by atoms with E-state index in [1.165, 1.54) is 10.9 Å². The number of hydrogen-bond donors (Lipinski definition) is 3. The molecule has 2 heterocycles. The molecule has 0 fully saturated rings. The van der Waals surface area contributed by atoms with Gasteiger partial charge >= 0.3 is 7.60 Å². The quantitative estimate of drug-likeness (QED) is 0.296. The molecule has 1 amide bonds. The van der Waals surface area contributed by atoms with Crippen LogP contribution in [0.5, 0.6) is 5.88 Å². The van der Waals surface area contributed by atoms with Crippen LogP contribution >= 0.6 is 7.60 Å². The molecule has 0 bridgehead atoms. The number of primary amides is 1. The van der Waals surface area contributed by atoms with E-state index in [-0.39, 0.29) is 29.8 Å². The largest absolute Gasteiger partial charge is 0.530 e. The summed E-state index contributed by atoms with van der Waals surface area (Å²) in [4.78, 5) is 16.0. The average molecular weight is 508 g/mol. The second-order valence-corrected chi connectivity index (χ2v) is 15.6. The van der Waals surface area contributed by atoms with Crippen LogP contribution in [0.1, 0.15) is 51.3 Å². The molecule has 0 saturated heterocycles. The molecule has 0 radical (unpaired) electrons. The summed E-state index contributed by atoms with van der Waals surface area (Å²) in [6, 6.07) is 0. The predicted molar refractivity (Wildman–Crippen MR) is 122 cm³/mol. The summed E-state index contributed by atoms with van der Waals surface area (Å²) in [6.45, 7) is 13.5. The third-order valence-corrected chi connectivity index (χ3v) is 11.5. The number of ether oxygens (including phenoxy) is 2. The monoisotopic (exact) mass is 507 g/mol. The van der Waals surface area contributed by atoms with E-state index in [0.29, 0.717) is 0 Å². The standard InChI is InChI=1S/C19H34N3O9PSi/c1-8-28-32(26,29-9-2)11-27-18-14(24)13(23)17(30-18)22-10-21-12(15(20)25)16(22)31-33(6,7)19(3,4)5/h10,17-18,23-24H,8-9,11H2,1-7H3,(H2,20,25)/t17-,18+/m1/s1. The molecular formula is C19H34N3O9PSi. The zero-order chi connectivity index (χ0) is 25.2. The minimum absolute atomic E-state index is 0.00777. The van der Waals surface area contributed by atoms with Gasteiger partial charge in [0.2, 0.25) is 18.4 Å². The number of hydrogen-bond acceptors (Lipinski definition) is 10. The van der Waals surface area contributed by atoms with Gasteiger partial charge in [0.05, 0.1) is 13.2 Å². The first-order chi connectivity index (χ1) is 15.2. The van der Waals surface area contributed by atoms with Crippen molar-refractivity contribution in [2.75, 3.05) is 19.6 Å². The molecule has 1 aliphatic heterocycles. The molecule has 1 aliphatic rings. The molecule has 14 heteroatoms. The summed E-state index contributed by atoms with van der Waals surface area (Å²) < 4.78 is 41.5. The number of amides is 1. The average Bonchev–Trinajstić information content (AvgIpc) is 3.21. The second-order valence-electron chi connectivity index (χ2n) is 8.87. The molecule has 2 rings (SSSR count). The van der Waals surface area contributed by atoms with Gasteiger partial charge in [-0.1, -0.05) is 20.8 Å². The van der Waals surface area contributed by atoms with E-state index in [2.05, 4.69) is 4.98 Å². The van der Waals surface area contributed by atoms with Crippen LogP contribution in [0.2, 0.25) is 18.1 Å². The number of aliphatic hydroxyl groups is 2. The minimum Gasteiger partial charge on any atom is -0.530 e. The molecule has 0 spiro atoms. The van der Waals surface area contributed by atoms with Gasteiger partial charge in [0.25, 0.3) is 14.2 Å². The van der Waals surface area contributed by atoms with Crippen LogP contribution < -0.4 is 10.2 Å². The molecule has 0 unspecified atom stereocenters. The first-order valence-corrected chi connectivity index (χ1v) is 15.1. The number of rotatable bonds is 11. The summed E-state index contributed by atoms with van der Waals surface area (Å²) in [5.41, 5.74) is 5.33. The Labute approximate surface area is 194 Å². The Morgan fingerprint density at radius 1 is 1.24 bits per heavy atom. The Kier molecular flexibility index (Phi) is 8.42. The van der Waals surface area contributed by atoms with Crippen molar-refractivity contribution in [2.24, 2.45) is 5.73 Å². The van der Waals surface area contributed by atoms with Crippen molar-refractivity contribution < 1.29 is 42.5 Å². The highest BCUT2D eigenvalue weighted by Gasteiger charge is 2.44. The van der Waals surface area contributed by atoms with E-state index in [1.54, 1.807) is 13.8 Å². The van der Waals surface area contributed by atoms with E-state index < -0.39 is 52.2 Å². The first kappa shape index (κ1) is 27.4. The van der Waals surface area contributed by atoms with Crippen LogP contribution in [0.25, 0.3) is 0 Å². The zero-order valence-corrected chi connectivity index (χ0v) is 21.9. The summed E-state index contributed by atoms with van der Waals surface area (Å²) in [6.07, 6.45) is -2.10. The normalized spacial score (nSPS) is 19.8. The van der Waals surface area contributed by atoms with Crippen molar-refractivity contribution in [3.63, 3.8) is 0 Å². The van der Waals surface area contributed by atoms with Crippen molar-refractivity contribution in [2.45, 2.75) is 65.3 Å². The molecule has 188 valence electrons. The summed E-state index contributed by atoms with van der Waals surface area (Å²) in [5.74, 6) is -2.04. The lowest BCUT2D eigenvalue weighted by molar-refractivity contribution is -0.148. The lowest BCUT2D eigenvalue weighted by atomic mass is 10.2. The fraction of sp³-hybridized carbons (Fsp3) is 0.684. The molecule has 0 aliphatic carbocycles. The number of aromatic nitrogens is 2. The van der Waals surface area contributed by atoms with Gasteiger partial charge in [-0.25, -0.2) is 4.98 Å². The van der Waals surface area contributed by atoms with Crippen molar-refractivity contribution in [3.05, 3.63) is 23.5 Å². The van der Waals surface area contributed by atoms with Gasteiger partial charge in [0.15, 0.2) is 23.6 Å². The zero-order valence-electron chi connectivity index (χ0n) is 20.0. The lowest BCUT2D eigenvalue weighted by Crippen LogP contribution is -2.45. The van der Waals surface area contributed by atoms with Crippen LogP contribution in [0.15, 0.2) is 17.8 Å². The molecule has 2 atom stereocenters. The Morgan fingerprint density at radius 2 is 1.82 bits per heavy atom. The van der Waals surface area contributed by atoms with Crippen LogP contribution in [0.3, 0.4) is 0 Å². The van der Waals surface area contributed by atoms with Gasteiger partial charge in [-0.15, -0.1) is 0 Å².